The normalized spacial score (nSPS) is 25.4. The molecule has 1 aliphatic heterocycles. The molecular formula is C17H22O5. The van der Waals surface area contributed by atoms with Gasteiger partial charge in [-0.15, -0.1) is 0 Å². The third-order valence-corrected chi connectivity index (χ3v) is 3.69. The molecule has 2 N–H and O–H groups in total. The molecule has 22 heavy (non-hydrogen) atoms. The molecule has 5 nitrogen and oxygen atoms in total. The maximum atomic E-state index is 10.5. The fraction of sp³-hybridized carbons (Fsp3) is 0.471. The van der Waals surface area contributed by atoms with E-state index in [1.807, 2.05) is 31.2 Å². The molecule has 0 aromatic heterocycles. The number of hydrogen-bond acceptors (Lipinski definition) is 4. The van der Waals surface area contributed by atoms with Gasteiger partial charge in [-0.1, -0.05) is 30.4 Å². The first-order valence-electron chi connectivity index (χ1n) is 7.49. The number of ether oxygens (including phenoxy) is 2. The fourth-order valence-electron chi connectivity index (χ4n) is 2.55. The lowest BCUT2D eigenvalue weighted by atomic mass is 9.91. The Morgan fingerprint density at radius 3 is 2.86 bits per heavy atom. The first kappa shape index (κ1) is 16.5. The molecular weight excluding hydrogens is 284 g/mol. The van der Waals surface area contributed by atoms with Gasteiger partial charge in [0.15, 0.2) is 6.29 Å². The standard InChI is InChI=1S/C17H22O5/c1-12-21-11-13(7-3-2-4-10-16(19)20)17(22-12)14-8-5-6-9-15(14)18/h2-3,5-6,8-9,12-13,17-18H,4,7,10-11H2,1H3,(H,19,20)/b3-2-/t12-,13+,17-/m0/s1. The van der Waals surface area contributed by atoms with Crippen molar-refractivity contribution in [1.82, 2.24) is 0 Å². The molecule has 0 spiro atoms. The van der Waals surface area contributed by atoms with Crippen LogP contribution in [0.2, 0.25) is 0 Å². The summed E-state index contributed by atoms with van der Waals surface area (Å²) < 4.78 is 11.4. The van der Waals surface area contributed by atoms with Crippen LogP contribution in [-0.4, -0.2) is 29.1 Å². The second-order valence-electron chi connectivity index (χ2n) is 5.42. The van der Waals surface area contributed by atoms with E-state index in [0.717, 1.165) is 5.56 Å². The number of aromatic hydroxyl groups is 1. The van der Waals surface area contributed by atoms with Crippen LogP contribution in [0.5, 0.6) is 5.75 Å². The number of carboxylic acid groups (broad SMARTS) is 1. The third kappa shape index (κ3) is 4.58. The van der Waals surface area contributed by atoms with Crippen LogP contribution >= 0.6 is 0 Å². The topological polar surface area (TPSA) is 76.0 Å². The maximum Gasteiger partial charge on any atom is 0.303 e. The quantitative estimate of drug-likeness (QED) is 0.789. The molecule has 120 valence electrons. The number of para-hydroxylation sites is 1. The summed E-state index contributed by atoms with van der Waals surface area (Å²) in [6, 6.07) is 7.17. The molecule has 0 amide bonds. The summed E-state index contributed by atoms with van der Waals surface area (Å²) in [6.45, 7) is 2.38. The van der Waals surface area contributed by atoms with Crippen LogP contribution in [-0.2, 0) is 14.3 Å². The molecule has 0 saturated carbocycles. The smallest absolute Gasteiger partial charge is 0.303 e. The van der Waals surface area contributed by atoms with E-state index >= 15 is 0 Å². The maximum absolute atomic E-state index is 10.5. The van der Waals surface area contributed by atoms with Crippen LogP contribution in [0.3, 0.4) is 0 Å². The number of carbonyl (C=O) groups is 1. The van der Waals surface area contributed by atoms with E-state index in [0.29, 0.717) is 19.4 Å². The summed E-state index contributed by atoms with van der Waals surface area (Å²) >= 11 is 0. The van der Waals surface area contributed by atoms with E-state index in [4.69, 9.17) is 14.6 Å². The van der Waals surface area contributed by atoms with Gasteiger partial charge in [0, 0.05) is 17.9 Å². The molecule has 1 fully saturated rings. The van der Waals surface area contributed by atoms with Gasteiger partial charge >= 0.3 is 5.97 Å². The van der Waals surface area contributed by atoms with Gasteiger partial charge in [0.2, 0.25) is 0 Å². The van der Waals surface area contributed by atoms with Crippen LogP contribution in [0.4, 0.5) is 0 Å². The number of phenolic OH excluding ortho intramolecular Hbond substituents is 1. The lowest BCUT2D eigenvalue weighted by molar-refractivity contribution is -0.230. The van der Waals surface area contributed by atoms with Crippen molar-refractivity contribution < 1.29 is 24.5 Å². The van der Waals surface area contributed by atoms with Crippen molar-refractivity contribution >= 4 is 5.97 Å². The summed E-state index contributed by atoms with van der Waals surface area (Å²) in [5.41, 5.74) is 0.765. The molecule has 2 rings (SSSR count). The van der Waals surface area contributed by atoms with E-state index in [1.165, 1.54) is 0 Å². The predicted molar refractivity (Wildman–Crippen MR) is 81.5 cm³/mol. The Bertz CT molecular complexity index is 526. The van der Waals surface area contributed by atoms with Crippen molar-refractivity contribution in [3.05, 3.63) is 42.0 Å². The second kappa shape index (κ2) is 7.96. The molecule has 1 aliphatic rings. The van der Waals surface area contributed by atoms with E-state index in [-0.39, 0.29) is 30.5 Å². The Kier molecular flexibility index (Phi) is 5.98. The van der Waals surface area contributed by atoms with Crippen molar-refractivity contribution in [2.75, 3.05) is 6.61 Å². The van der Waals surface area contributed by atoms with Crippen LogP contribution in [0, 0.1) is 5.92 Å². The SMILES string of the molecule is C[C@H]1OC[C@@H](C/C=C\CCC(=O)O)[C@@H](c2ccccc2O)O1. The van der Waals surface area contributed by atoms with Crippen molar-refractivity contribution in [2.45, 2.75) is 38.6 Å². The number of carboxylic acids is 1. The Labute approximate surface area is 130 Å². The Hall–Kier alpha value is -1.85. The first-order valence-corrected chi connectivity index (χ1v) is 7.49. The molecule has 1 aromatic carbocycles. The summed E-state index contributed by atoms with van der Waals surface area (Å²) in [5, 5.41) is 18.6. The van der Waals surface area contributed by atoms with Crippen molar-refractivity contribution in [2.24, 2.45) is 5.92 Å². The highest BCUT2D eigenvalue weighted by atomic mass is 16.7. The average molecular weight is 306 g/mol. The van der Waals surface area contributed by atoms with E-state index < -0.39 is 5.97 Å². The summed E-state index contributed by atoms with van der Waals surface area (Å²) in [7, 11) is 0. The predicted octanol–water partition coefficient (Wildman–Crippen LogP) is 3.25. The van der Waals surface area contributed by atoms with Crippen LogP contribution in [0.15, 0.2) is 36.4 Å². The lowest BCUT2D eigenvalue weighted by Crippen LogP contribution is -2.33. The average Bonchev–Trinajstić information content (AvgIpc) is 2.48. The highest BCUT2D eigenvalue weighted by Gasteiger charge is 2.32. The molecule has 1 heterocycles. The Balaban J connectivity index is 2.01. The summed E-state index contributed by atoms with van der Waals surface area (Å²) in [6.07, 6.45) is 4.66. The Morgan fingerprint density at radius 2 is 2.14 bits per heavy atom. The van der Waals surface area contributed by atoms with E-state index in [2.05, 4.69) is 0 Å². The van der Waals surface area contributed by atoms with Crippen molar-refractivity contribution in [1.29, 1.82) is 0 Å². The lowest BCUT2D eigenvalue weighted by Gasteiger charge is -2.35. The van der Waals surface area contributed by atoms with Gasteiger partial charge in [-0.3, -0.25) is 4.79 Å². The van der Waals surface area contributed by atoms with Gasteiger partial charge in [0.05, 0.1) is 12.7 Å². The number of phenols is 1. The second-order valence-corrected chi connectivity index (χ2v) is 5.42. The highest BCUT2D eigenvalue weighted by molar-refractivity contribution is 5.66. The van der Waals surface area contributed by atoms with Gasteiger partial charge in [0.25, 0.3) is 0 Å². The number of benzene rings is 1. The summed E-state index contributed by atoms with van der Waals surface area (Å²) in [4.78, 5) is 10.5. The minimum atomic E-state index is -0.796. The molecule has 5 heteroatoms. The molecule has 0 unspecified atom stereocenters. The minimum Gasteiger partial charge on any atom is -0.508 e. The Morgan fingerprint density at radius 1 is 1.36 bits per heavy atom. The van der Waals surface area contributed by atoms with Gasteiger partial charge in [-0.2, -0.15) is 0 Å². The van der Waals surface area contributed by atoms with Gasteiger partial charge in [-0.25, -0.2) is 0 Å². The molecule has 0 bridgehead atoms. The van der Waals surface area contributed by atoms with Gasteiger partial charge in [-0.05, 0) is 25.8 Å². The van der Waals surface area contributed by atoms with Crippen LogP contribution < -0.4 is 0 Å². The number of hydrogen-bond donors (Lipinski definition) is 2. The van der Waals surface area contributed by atoms with E-state index in [1.54, 1.807) is 12.1 Å². The molecule has 1 aromatic rings. The number of allylic oxidation sites excluding steroid dienone is 2. The zero-order valence-electron chi connectivity index (χ0n) is 12.6. The van der Waals surface area contributed by atoms with Gasteiger partial charge < -0.3 is 19.7 Å². The zero-order valence-corrected chi connectivity index (χ0v) is 12.6. The summed E-state index contributed by atoms with van der Waals surface area (Å²) in [5.74, 6) is -0.484. The number of aliphatic carboxylic acids is 1. The molecule has 0 aliphatic carbocycles. The molecule has 1 saturated heterocycles. The highest BCUT2D eigenvalue weighted by Crippen LogP contribution is 2.38. The first-order chi connectivity index (χ1) is 10.6. The monoisotopic (exact) mass is 306 g/mol. The molecule has 3 atom stereocenters. The van der Waals surface area contributed by atoms with Crippen LogP contribution in [0.1, 0.15) is 37.9 Å². The number of rotatable bonds is 6. The third-order valence-electron chi connectivity index (χ3n) is 3.69. The zero-order chi connectivity index (χ0) is 15.9. The van der Waals surface area contributed by atoms with E-state index in [9.17, 15) is 9.90 Å². The van der Waals surface area contributed by atoms with Gasteiger partial charge in [0.1, 0.15) is 5.75 Å². The molecule has 0 radical (unpaired) electrons. The fourth-order valence-corrected chi connectivity index (χ4v) is 2.55. The van der Waals surface area contributed by atoms with Crippen molar-refractivity contribution in [3.8, 4) is 5.75 Å². The largest absolute Gasteiger partial charge is 0.508 e. The van der Waals surface area contributed by atoms with Crippen LogP contribution in [0.25, 0.3) is 0 Å². The van der Waals surface area contributed by atoms with Crippen molar-refractivity contribution in [3.63, 3.8) is 0 Å². The minimum absolute atomic E-state index is 0.0885.